The third-order valence-corrected chi connectivity index (χ3v) is 6.86. The molecule has 1 amide bonds. The summed E-state index contributed by atoms with van der Waals surface area (Å²) in [6.45, 7) is 1.70. The number of benzene rings is 2. The summed E-state index contributed by atoms with van der Waals surface area (Å²) in [5.74, 6) is 0.128. The highest BCUT2D eigenvalue weighted by molar-refractivity contribution is 6.37. The molecule has 1 aliphatic rings. The van der Waals surface area contributed by atoms with E-state index >= 15 is 0 Å². The summed E-state index contributed by atoms with van der Waals surface area (Å²) in [6, 6.07) is 11.5. The zero-order chi connectivity index (χ0) is 23.1. The topological polar surface area (TPSA) is 97.4 Å². The van der Waals surface area contributed by atoms with Gasteiger partial charge in [0, 0.05) is 10.9 Å². The van der Waals surface area contributed by atoms with Crippen LogP contribution in [0.2, 0.25) is 5.02 Å². The number of phenols is 1. The smallest absolute Gasteiger partial charge is 0.265 e. The molecule has 5 rings (SSSR count). The fraction of sp³-hybridized carbons (Fsp3) is 0.320. The van der Waals surface area contributed by atoms with E-state index in [1.54, 1.807) is 35.8 Å². The van der Waals surface area contributed by atoms with Gasteiger partial charge in [0.2, 0.25) is 0 Å². The average Bonchev–Trinajstić information content (AvgIpc) is 3.20. The predicted octanol–water partition coefficient (Wildman–Crippen LogP) is 5.32. The third kappa shape index (κ3) is 3.76. The Balaban J connectivity index is 1.73. The lowest BCUT2D eigenvalue weighted by Gasteiger charge is -2.33. The van der Waals surface area contributed by atoms with E-state index in [1.165, 1.54) is 12.1 Å². The summed E-state index contributed by atoms with van der Waals surface area (Å²) >= 11 is 6.57. The van der Waals surface area contributed by atoms with Gasteiger partial charge in [-0.15, -0.1) is 0 Å². The van der Waals surface area contributed by atoms with Gasteiger partial charge in [-0.3, -0.25) is 14.2 Å². The van der Waals surface area contributed by atoms with Crippen LogP contribution in [0, 0.1) is 12.8 Å². The van der Waals surface area contributed by atoms with Crippen molar-refractivity contribution in [2.24, 2.45) is 5.92 Å². The summed E-state index contributed by atoms with van der Waals surface area (Å²) in [5.41, 5.74) is 1.08. The van der Waals surface area contributed by atoms with E-state index in [4.69, 9.17) is 16.1 Å². The van der Waals surface area contributed by atoms with Crippen molar-refractivity contribution in [1.82, 2.24) is 15.0 Å². The quantitative estimate of drug-likeness (QED) is 0.425. The minimum Gasteiger partial charge on any atom is -0.508 e. The molecule has 33 heavy (non-hydrogen) atoms. The maximum atomic E-state index is 13.8. The molecule has 1 aliphatic carbocycles. The van der Waals surface area contributed by atoms with Crippen LogP contribution in [0.25, 0.3) is 21.8 Å². The molecule has 1 saturated carbocycles. The number of aromatic hydroxyl groups is 1. The molecular weight excluding hydrogens is 442 g/mol. The number of nitrogens with one attached hydrogen (secondary N) is 1. The van der Waals surface area contributed by atoms with Gasteiger partial charge < -0.3 is 14.9 Å². The Morgan fingerprint density at radius 2 is 1.94 bits per heavy atom. The second kappa shape index (κ2) is 8.56. The maximum absolute atomic E-state index is 13.8. The highest BCUT2D eigenvalue weighted by Crippen LogP contribution is 2.36. The molecule has 0 radical (unpaired) electrons. The van der Waals surface area contributed by atoms with Crippen LogP contribution in [0.4, 0.5) is 0 Å². The second-order valence-corrected chi connectivity index (χ2v) is 9.05. The van der Waals surface area contributed by atoms with Crippen molar-refractivity contribution >= 4 is 39.3 Å². The van der Waals surface area contributed by atoms with Gasteiger partial charge in [-0.25, -0.2) is 0 Å². The van der Waals surface area contributed by atoms with E-state index in [2.05, 4.69) is 10.5 Å². The number of carbonyl (C=O) groups is 1. The first-order valence-corrected chi connectivity index (χ1v) is 11.5. The molecule has 0 unspecified atom stereocenters. The summed E-state index contributed by atoms with van der Waals surface area (Å²) in [7, 11) is 0. The lowest BCUT2D eigenvalue weighted by Crippen LogP contribution is -2.42. The molecule has 2 aromatic carbocycles. The van der Waals surface area contributed by atoms with Gasteiger partial charge in [-0.1, -0.05) is 48.2 Å². The Morgan fingerprint density at radius 1 is 1.18 bits per heavy atom. The molecular formula is C25H24ClN3O4. The van der Waals surface area contributed by atoms with Gasteiger partial charge in [-0.05, 0) is 56.0 Å². The molecule has 0 saturated heterocycles. The highest BCUT2D eigenvalue weighted by atomic mass is 35.5. The fourth-order valence-electron chi connectivity index (χ4n) is 4.96. The number of nitrogens with zero attached hydrogens (tertiary/aromatic N) is 2. The Morgan fingerprint density at radius 3 is 2.70 bits per heavy atom. The molecule has 8 heteroatoms. The molecule has 7 nitrogen and oxygen atoms in total. The number of hydrogen-bond donors (Lipinski definition) is 2. The zero-order valence-corrected chi connectivity index (χ0v) is 18.9. The number of halogens is 1. The van der Waals surface area contributed by atoms with E-state index in [0.717, 1.165) is 32.1 Å². The van der Waals surface area contributed by atoms with E-state index in [9.17, 15) is 14.7 Å². The molecule has 1 atom stereocenters. The van der Waals surface area contributed by atoms with Crippen molar-refractivity contribution in [3.05, 3.63) is 69.2 Å². The fourth-order valence-corrected chi connectivity index (χ4v) is 5.22. The minimum atomic E-state index is -0.590. The van der Waals surface area contributed by atoms with Crippen LogP contribution in [-0.4, -0.2) is 20.7 Å². The lowest BCUT2D eigenvalue weighted by atomic mass is 9.86. The first kappa shape index (κ1) is 21.5. The number of hydrogen-bond acceptors (Lipinski definition) is 5. The van der Waals surface area contributed by atoms with Gasteiger partial charge in [0.05, 0.1) is 10.5 Å². The summed E-state index contributed by atoms with van der Waals surface area (Å²) in [5, 5.41) is 18.5. The largest absolute Gasteiger partial charge is 0.508 e. The van der Waals surface area contributed by atoms with Crippen LogP contribution in [0.15, 0.2) is 51.8 Å². The molecule has 0 bridgehead atoms. The molecule has 0 aliphatic heterocycles. The average molecular weight is 466 g/mol. The second-order valence-electron chi connectivity index (χ2n) is 8.64. The van der Waals surface area contributed by atoms with Gasteiger partial charge >= 0.3 is 0 Å². The monoisotopic (exact) mass is 465 g/mol. The Kier molecular flexibility index (Phi) is 5.58. The Hall–Kier alpha value is -3.32. The maximum Gasteiger partial charge on any atom is 0.265 e. The van der Waals surface area contributed by atoms with Gasteiger partial charge in [0.25, 0.3) is 11.5 Å². The molecule has 2 N–H and O–H groups in total. The number of aromatic nitrogens is 2. The molecule has 2 aromatic heterocycles. The van der Waals surface area contributed by atoms with Crippen LogP contribution >= 0.6 is 11.6 Å². The lowest BCUT2D eigenvalue weighted by molar-refractivity contribution is 0.0877. The highest BCUT2D eigenvalue weighted by Gasteiger charge is 2.31. The van der Waals surface area contributed by atoms with Crippen molar-refractivity contribution < 1.29 is 14.4 Å². The summed E-state index contributed by atoms with van der Waals surface area (Å²) in [6.07, 6.45) is 4.39. The number of rotatable bonds is 4. The number of fused-ring (bicyclic) bond motifs is 3. The van der Waals surface area contributed by atoms with Gasteiger partial charge in [-0.2, -0.15) is 0 Å². The number of phenolic OH excluding ortho intramolecular Hbond substituents is 1. The van der Waals surface area contributed by atoms with Crippen molar-refractivity contribution in [3.63, 3.8) is 0 Å². The number of amides is 1. The standard InChI is InChI=1S/C25H24ClN3O4/c1-14-20-22(28-33-14)21-18(26)11-6-12-19(21)29(25(20)32)23(15-7-3-2-4-8-15)27-24(31)16-9-5-10-17(30)13-16/h5-6,9-13,15,23,30H,2-4,7-8H2,1H3,(H,27,31)/t23-/m1/s1. The van der Waals surface area contributed by atoms with Crippen molar-refractivity contribution in [2.75, 3.05) is 0 Å². The third-order valence-electron chi connectivity index (χ3n) is 6.55. The Labute approximate surface area is 194 Å². The molecule has 170 valence electrons. The first-order valence-electron chi connectivity index (χ1n) is 11.1. The molecule has 4 aromatic rings. The van der Waals surface area contributed by atoms with Crippen LogP contribution in [-0.2, 0) is 0 Å². The molecule has 2 heterocycles. The van der Waals surface area contributed by atoms with Gasteiger partial charge in [0.15, 0.2) is 0 Å². The van der Waals surface area contributed by atoms with Gasteiger partial charge in [0.1, 0.15) is 28.6 Å². The first-order chi connectivity index (χ1) is 16.0. The predicted molar refractivity (Wildman–Crippen MR) is 127 cm³/mol. The minimum absolute atomic E-state index is 0.00720. The number of carbonyl (C=O) groups excluding carboxylic acids is 1. The number of pyridine rings is 1. The number of aryl methyl sites for hydroxylation is 1. The summed E-state index contributed by atoms with van der Waals surface area (Å²) in [4.78, 5) is 27.0. The van der Waals surface area contributed by atoms with Crippen LogP contribution < -0.4 is 10.9 Å². The van der Waals surface area contributed by atoms with E-state index in [1.807, 2.05) is 6.07 Å². The van der Waals surface area contributed by atoms with E-state index in [-0.39, 0.29) is 23.1 Å². The Bertz CT molecular complexity index is 1420. The normalized spacial score (nSPS) is 15.7. The van der Waals surface area contributed by atoms with Crippen LogP contribution in [0.1, 0.15) is 54.4 Å². The van der Waals surface area contributed by atoms with Crippen molar-refractivity contribution in [1.29, 1.82) is 0 Å². The van der Waals surface area contributed by atoms with Crippen LogP contribution in [0.3, 0.4) is 0 Å². The SMILES string of the molecule is Cc1onc2c1c(=O)n([C@@H](NC(=O)c1cccc(O)c1)C1CCCCC1)c1cccc(Cl)c21. The molecule has 1 fully saturated rings. The van der Waals surface area contributed by atoms with E-state index < -0.39 is 6.17 Å². The van der Waals surface area contributed by atoms with E-state index in [0.29, 0.717) is 38.2 Å². The van der Waals surface area contributed by atoms with Crippen LogP contribution in [0.5, 0.6) is 5.75 Å². The molecule has 0 spiro atoms. The van der Waals surface area contributed by atoms with Crippen molar-refractivity contribution in [2.45, 2.75) is 45.2 Å². The summed E-state index contributed by atoms with van der Waals surface area (Å²) < 4.78 is 7.01. The zero-order valence-electron chi connectivity index (χ0n) is 18.2. The van der Waals surface area contributed by atoms with Crippen molar-refractivity contribution in [3.8, 4) is 5.75 Å².